The lowest BCUT2D eigenvalue weighted by atomic mass is 10.0. The first kappa shape index (κ1) is 23.1. The molecule has 1 saturated heterocycles. The van der Waals surface area contributed by atoms with Gasteiger partial charge in [-0.25, -0.2) is 9.97 Å². The SMILES string of the molecule is C[C@H]1NC[C@@H]2CN(C)CCN2c2ccc(Nc3cnc(-c4ccnc5c4ccn5C)c4c3C(=O)NC4)nc21. The molecule has 38 heavy (non-hydrogen) atoms. The average molecular weight is 510 g/mol. The van der Waals surface area contributed by atoms with Gasteiger partial charge in [0.2, 0.25) is 0 Å². The Labute approximate surface area is 221 Å². The number of likely N-dealkylation sites (N-methyl/N-ethyl adjacent to an activating group) is 1. The fraction of sp³-hybridized carbons (Fsp3) is 0.357. The quantitative estimate of drug-likeness (QED) is 0.388. The molecule has 4 aromatic rings. The normalized spacial score (nSPS) is 21.0. The van der Waals surface area contributed by atoms with Crippen molar-refractivity contribution in [3.05, 3.63) is 59.7 Å². The van der Waals surface area contributed by atoms with E-state index in [1.165, 1.54) is 5.69 Å². The number of aromatic nitrogens is 4. The summed E-state index contributed by atoms with van der Waals surface area (Å²) >= 11 is 0. The summed E-state index contributed by atoms with van der Waals surface area (Å²) in [6.07, 6.45) is 5.53. The van der Waals surface area contributed by atoms with Crippen LogP contribution >= 0.6 is 0 Å². The smallest absolute Gasteiger partial charge is 0.254 e. The highest BCUT2D eigenvalue weighted by Crippen LogP contribution is 2.37. The maximum atomic E-state index is 13.0. The summed E-state index contributed by atoms with van der Waals surface area (Å²) in [5.74, 6) is 0.602. The van der Waals surface area contributed by atoms with E-state index in [-0.39, 0.29) is 11.9 Å². The minimum Gasteiger partial charge on any atom is -0.363 e. The number of carbonyl (C=O) groups is 1. The summed E-state index contributed by atoms with van der Waals surface area (Å²) in [6, 6.07) is 8.73. The summed E-state index contributed by atoms with van der Waals surface area (Å²) in [5, 5.41) is 11.1. The molecule has 0 unspecified atom stereocenters. The number of amides is 1. The van der Waals surface area contributed by atoms with Gasteiger partial charge in [0.05, 0.1) is 40.6 Å². The lowest BCUT2D eigenvalue weighted by Gasteiger charge is -2.40. The maximum Gasteiger partial charge on any atom is 0.254 e. The standard InChI is InChI=1S/C28H31N9O/c1-16-25-22(37-11-10-35(2)15-17(37)12-30-16)4-5-23(34-25)33-21-14-31-26(20-13-32-28(38)24(20)21)18-6-8-29-27-19(18)7-9-36(27)3/h4-9,14,16-17,30H,10-13,15H2,1-3H3,(H,32,38)(H,33,34)/t16-,17-/m1/s1. The Bertz CT molecular complexity index is 1580. The number of anilines is 3. The van der Waals surface area contributed by atoms with E-state index in [0.717, 1.165) is 59.7 Å². The molecule has 0 spiro atoms. The van der Waals surface area contributed by atoms with Gasteiger partial charge in [-0.1, -0.05) is 0 Å². The predicted octanol–water partition coefficient (Wildman–Crippen LogP) is 2.80. The number of piperazine rings is 1. The number of rotatable bonds is 3. The van der Waals surface area contributed by atoms with Gasteiger partial charge in [0.15, 0.2) is 0 Å². The van der Waals surface area contributed by atoms with Gasteiger partial charge in [-0.2, -0.15) is 0 Å². The van der Waals surface area contributed by atoms with Crippen LogP contribution in [0.25, 0.3) is 22.3 Å². The third-order valence-electron chi connectivity index (χ3n) is 8.09. The van der Waals surface area contributed by atoms with Crippen LogP contribution in [-0.4, -0.2) is 69.6 Å². The van der Waals surface area contributed by atoms with E-state index in [1.54, 1.807) is 12.4 Å². The zero-order valence-corrected chi connectivity index (χ0v) is 21.8. The lowest BCUT2D eigenvalue weighted by molar-refractivity contribution is 0.0966. The molecule has 1 fully saturated rings. The van der Waals surface area contributed by atoms with Gasteiger partial charge >= 0.3 is 0 Å². The second kappa shape index (κ2) is 8.78. The molecular formula is C28H31N9O. The zero-order chi connectivity index (χ0) is 26.0. The van der Waals surface area contributed by atoms with Crippen molar-refractivity contribution in [1.29, 1.82) is 0 Å². The number of hydrogen-bond donors (Lipinski definition) is 3. The Balaban J connectivity index is 1.26. The Kier molecular flexibility index (Phi) is 5.34. The monoisotopic (exact) mass is 509 g/mol. The van der Waals surface area contributed by atoms with E-state index in [9.17, 15) is 4.79 Å². The van der Waals surface area contributed by atoms with Gasteiger partial charge in [0, 0.05) is 74.7 Å². The molecule has 3 aliphatic heterocycles. The second-order valence-corrected chi connectivity index (χ2v) is 10.5. The van der Waals surface area contributed by atoms with Crippen LogP contribution in [0.4, 0.5) is 17.2 Å². The van der Waals surface area contributed by atoms with Crippen molar-refractivity contribution in [2.45, 2.75) is 25.6 Å². The molecule has 2 atom stereocenters. The first-order chi connectivity index (χ1) is 18.5. The van der Waals surface area contributed by atoms with E-state index in [1.807, 2.05) is 36.0 Å². The van der Waals surface area contributed by atoms with Crippen LogP contribution in [0.2, 0.25) is 0 Å². The highest BCUT2D eigenvalue weighted by atomic mass is 16.1. The molecule has 4 aromatic heterocycles. The fourth-order valence-corrected chi connectivity index (χ4v) is 6.09. The molecule has 7 heterocycles. The minimum atomic E-state index is -0.102. The summed E-state index contributed by atoms with van der Waals surface area (Å²) in [5.41, 5.74) is 7.05. The lowest BCUT2D eigenvalue weighted by Crippen LogP contribution is -2.54. The molecule has 0 saturated carbocycles. The van der Waals surface area contributed by atoms with Crippen LogP contribution in [0.1, 0.15) is 34.6 Å². The Hall–Kier alpha value is -4.02. The minimum absolute atomic E-state index is 0.102. The van der Waals surface area contributed by atoms with Crippen LogP contribution in [0.15, 0.2) is 42.9 Å². The summed E-state index contributed by atoms with van der Waals surface area (Å²) < 4.78 is 1.99. The molecule has 3 aliphatic rings. The second-order valence-electron chi connectivity index (χ2n) is 10.5. The summed E-state index contributed by atoms with van der Waals surface area (Å²) in [6.45, 7) is 6.58. The van der Waals surface area contributed by atoms with Crippen molar-refractivity contribution in [3.63, 3.8) is 0 Å². The van der Waals surface area contributed by atoms with Gasteiger partial charge in [-0.15, -0.1) is 0 Å². The molecule has 3 N–H and O–H groups in total. The van der Waals surface area contributed by atoms with Crippen LogP contribution in [0.5, 0.6) is 0 Å². The number of fused-ring (bicyclic) bond motifs is 5. The molecule has 0 aromatic carbocycles. The van der Waals surface area contributed by atoms with Crippen LogP contribution in [-0.2, 0) is 13.6 Å². The molecular weight excluding hydrogens is 478 g/mol. The summed E-state index contributed by atoms with van der Waals surface area (Å²) in [4.78, 5) is 32.3. The first-order valence-electron chi connectivity index (χ1n) is 13.1. The van der Waals surface area contributed by atoms with E-state index >= 15 is 0 Å². The topological polar surface area (TPSA) is 103 Å². The van der Waals surface area contributed by atoms with E-state index < -0.39 is 0 Å². The number of aryl methyl sites for hydroxylation is 1. The first-order valence-corrected chi connectivity index (χ1v) is 13.1. The van der Waals surface area contributed by atoms with E-state index in [4.69, 9.17) is 9.97 Å². The van der Waals surface area contributed by atoms with Crippen molar-refractivity contribution in [2.75, 3.05) is 43.4 Å². The molecule has 1 amide bonds. The van der Waals surface area contributed by atoms with Crippen molar-refractivity contribution >= 4 is 34.1 Å². The molecule has 194 valence electrons. The number of nitrogens with one attached hydrogen (secondary N) is 3. The largest absolute Gasteiger partial charge is 0.363 e. The summed E-state index contributed by atoms with van der Waals surface area (Å²) in [7, 11) is 4.16. The number of hydrogen-bond acceptors (Lipinski definition) is 8. The van der Waals surface area contributed by atoms with Crippen molar-refractivity contribution in [2.24, 2.45) is 7.05 Å². The highest BCUT2D eigenvalue weighted by molar-refractivity contribution is 6.06. The molecule has 0 aliphatic carbocycles. The number of nitrogens with zero attached hydrogens (tertiary/aromatic N) is 6. The van der Waals surface area contributed by atoms with Crippen LogP contribution in [0, 0.1) is 0 Å². The van der Waals surface area contributed by atoms with Gasteiger partial charge in [0.25, 0.3) is 5.91 Å². The molecule has 10 nitrogen and oxygen atoms in total. The van der Waals surface area contributed by atoms with Crippen molar-refractivity contribution < 1.29 is 4.79 Å². The van der Waals surface area contributed by atoms with Gasteiger partial charge in [-0.05, 0) is 38.2 Å². The zero-order valence-electron chi connectivity index (χ0n) is 21.8. The Morgan fingerprint density at radius 1 is 1.11 bits per heavy atom. The van der Waals surface area contributed by atoms with Crippen molar-refractivity contribution in [1.82, 2.24) is 35.1 Å². The number of pyridine rings is 3. The van der Waals surface area contributed by atoms with Gasteiger partial charge < -0.3 is 30.3 Å². The average Bonchev–Trinajstić information content (AvgIpc) is 3.47. The van der Waals surface area contributed by atoms with Crippen molar-refractivity contribution in [3.8, 4) is 11.3 Å². The van der Waals surface area contributed by atoms with Crippen LogP contribution < -0.4 is 20.9 Å². The molecule has 10 heteroatoms. The third-order valence-corrected chi connectivity index (χ3v) is 8.09. The molecule has 7 rings (SSSR count). The molecule has 0 bridgehead atoms. The number of carbonyl (C=O) groups excluding carboxylic acids is 1. The van der Waals surface area contributed by atoms with Crippen LogP contribution in [0.3, 0.4) is 0 Å². The Morgan fingerprint density at radius 2 is 2.00 bits per heavy atom. The van der Waals surface area contributed by atoms with Gasteiger partial charge in [0.1, 0.15) is 11.5 Å². The molecule has 0 radical (unpaired) electrons. The van der Waals surface area contributed by atoms with Gasteiger partial charge in [-0.3, -0.25) is 9.78 Å². The highest BCUT2D eigenvalue weighted by Gasteiger charge is 2.32. The maximum absolute atomic E-state index is 13.0. The third kappa shape index (κ3) is 3.63. The van der Waals surface area contributed by atoms with E-state index in [2.05, 4.69) is 50.8 Å². The fourth-order valence-electron chi connectivity index (χ4n) is 6.09. The van der Waals surface area contributed by atoms with E-state index in [0.29, 0.717) is 29.7 Å². The predicted molar refractivity (Wildman–Crippen MR) is 148 cm³/mol. The Morgan fingerprint density at radius 3 is 2.89 bits per heavy atom.